The van der Waals surface area contributed by atoms with Crippen molar-refractivity contribution < 1.29 is 186 Å². The van der Waals surface area contributed by atoms with Gasteiger partial charge in [0.2, 0.25) is 59.1 Å². The lowest BCUT2D eigenvalue weighted by molar-refractivity contribution is -0.277. The van der Waals surface area contributed by atoms with Crippen molar-refractivity contribution in [3.8, 4) is 0 Å². The molecule has 11 N–H and O–H groups in total. The van der Waals surface area contributed by atoms with Crippen LogP contribution in [0.5, 0.6) is 0 Å². The SMILES string of the molecule is CC(=O)NC1[C@H](OCCCCC(=O)NCCCNC(=O)CCOCC(COCCC(=O)NCCCNC(=O)CCCCO[C@@H]2OC(COC(C)=O)[C@@H](OC(C)=O)[C@H](OC(C)=O)C2NC(C)=O)(COCCC(=O)NCCCNC(=O)CCCCO[C@@H]2OC(COC(C)=O)[C@@H](OC(C)=O)[C@H](OC(C)=O)C2NC(C)=O)NC(=O)CCCCCCCCCCC(=O)O)OC(COC(C)=O)[C@@H](OC(C)=O)[C@@H]1OC(C)=O. The number of ether oxygens (including phenoxy) is 18. The van der Waals surface area contributed by atoms with Crippen LogP contribution in [0.2, 0.25) is 0 Å². The van der Waals surface area contributed by atoms with Gasteiger partial charge in [0.15, 0.2) is 55.5 Å². The van der Waals surface area contributed by atoms with Crippen LogP contribution < -0.4 is 53.2 Å². The Hall–Kier alpha value is -11.0. The highest BCUT2D eigenvalue weighted by molar-refractivity contribution is 5.80. The Morgan fingerprint density at radius 1 is 0.257 bits per heavy atom. The van der Waals surface area contributed by atoms with Gasteiger partial charge in [-0.15, -0.1) is 0 Å². The largest absolute Gasteiger partial charge is 0.481 e. The second-order valence-electron chi connectivity index (χ2n) is 33.8. The number of hydrogen-bond acceptors (Lipinski definition) is 38. The van der Waals surface area contributed by atoms with E-state index in [0.29, 0.717) is 77.0 Å². The molecule has 0 aromatic heterocycles. The van der Waals surface area contributed by atoms with Crippen molar-refractivity contribution in [1.29, 1.82) is 0 Å². The standard InChI is InChI=1S/C91H148N10O39/c1-56(102)98-79-85(135-65(10)111)82(132-62(7)108)68(50-129-59(4)105)138-88(79)126-44-24-21-30-71(114)92-38-27-41-95-74(117)35-47-123-53-91(101-77(120)33-19-17-15-13-14-16-18-20-34-78(121)122,54-124-48-36-75(118)96-42-28-39-93-72(115)31-22-25-45-127-89-80(99-57(2)103)86(136-66(11)112)83(133-63(8)109)69(139-89)51-130-60(5)106)55-125-49-37-76(119)97-43-29-40-94-73(116)32-23-26-46-128-90-81(100-58(3)104)87(137-67(12)113)84(134-64(9)110)70(140-90)52-131-61(6)107/h68-70,79-90H,13-55H2,1-12H3,(H,92,114)(H,93,115)(H,94,116)(H,95,117)(H,96,118)(H,97,119)(H,98,102)(H,99,103)(H,100,104)(H,101,120)(H,121,122)/t68?,69?,70?,79?,80?,81?,82-,83-,84-,85-,86-,87-,88-,89-,90-,91?/m1/s1. The Labute approximate surface area is 814 Å². The van der Waals surface area contributed by atoms with Crippen molar-refractivity contribution in [3.63, 3.8) is 0 Å². The minimum Gasteiger partial charge on any atom is -0.481 e. The molecule has 0 aromatic rings. The lowest BCUT2D eigenvalue weighted by Gasteiger charge is -2.44. The number of carbonyl (C=O) groups is 20. The van der Waals surface area contributed by atoms with Crippen LogP contribution in [0, 0.1) is 0 Å². The molecule has 3 aliphatic heterocycles. The van der Waals surface area contributed by atoms with Gasteiger partial charge >= 0.3 is 59.7 Å². The average molecular weight is 2010 g/mol. The maximum absolute atomic E-state index is 14.1. The molecular weight excluding hydrogens is 1860 g/mol. The van der Waals surface area contributed by atoms with Crippen LogP contribution in [0.15, 0.2) is 0 Å². The van der Waals surface area contributed by atoms with Crippen LogP contribution in [0.4, 0.5) is 0 Å². The monoisotopic (exact) mass is 2000 g/mol. The second kappa shape index (κ2) is 70.6. The van der Waals surface area contributed by atoms with E-state index < -0.39 is 218 Å². The second-order valence-corrected chi connectivity index (χ2v) is 33.8. The number of carboxylic acid groups (broad SMARTS) is 1. The summed E-state index contributed by atoms with van der Waals surface area (Å²) in [5, 5.41) is 36.6. The third-order valence-corrected chi connectivity index (χ3v) is 21.0. The number of nitrogens with one attached hydrogen (secondary N) is 10. The third kappa shape index (κ3) is 55.9. The number of rotatable bonds is 72. The van der Waals surface area contributed by atoms with Gasteiger partial charge in [-0.2, -0.15) is 0 Å². The predicted octanol–water partition coefficient (Wildman–Crippen LogP) is 0.444. The molecule has 0 radical (unpaired) electrons. The van der Waals surface area contributed by atoms with E-state index in [2.05, 4.69) is 53.2 Å². The summed E-state index contributed by atoms with van der Waals surface area (Å²) in [5.41, 5.74) is -1.49. The van der Waals surface area contributed by atoms with Gasteiger partial charge in [0.05, 0.1) is 39.6 Å². The highest BCUT2D eigenvalue weighted by Crippen LogP contribution is 2.32. The van der Waals surface area contributed by atoms with E-state index in [0.717, 1.165) is 94.4 Å². The number of esters is 9. The maximum Gasteiger partial charge on any atom is 0.303 e. The lowest BCUT2D eigenvalue weighted by atomic mass is 9.96. The first-order chi connectivity index (χ1) is 66.6. The van der Waals surface area contributed by atoms with Gasteiger partial charge < -0.3 is 144 Å². The molecule has 3 fully saturated rings. The van der Waals surface area contributed by atoms with E-state index in [1.54, 1.807) is 0 Å². The molecule has 0 aliphatic carbocycles. The summed E-state index contributed by atoms with van der Waals surface area (Å²) < 4.78 is 103. The van der Waals surface area contributed by atoms with Crippen molar-refractivity contribution >= 4 is 119 Å². The summed E-state index contributed by atoms with van der Waals surface area (Å²) in [6.07, 6.45) is -6.54. The molecular formula is C91H148N10O39. The molecule has 10 amide bonds. The first-order valence-corrected chi connectivity index (χ1v) is 47.5. The Morgan fingerprint density at radius 2 is 0.486 bits per heavy atom. The van der Waals surface area contributed by atoms with E-state index in [-0.39, 0.29) is 168 Å². The van der Waals surface area contributed by atoms with Crippen molar-refractivity contribution in [2.75, 3.05) is 119 Å². The molecule has 140 heavy (non-hydrogen) atoms. The Kier molecular flexibility index (Phi) is 62.2. The maximum atomic E-state index is 14.1. The predicted molar refractivity (Wildman–Crippen MR) is 484 cm³/mol. The summed E-state index contributed by atoms with van der Waals surface area (Å²) in [4.78, 5) is 249. The van der Waals surface area contributed by atoms with Crippen molar-refractivity contribution in [3.05, 3.63) is 0 Å². The number of carbonyl (C=O) groups excluding carboxylic acids is 19. The Morgan fingerprint density at radius 3 is 0.729 bits per heavy atom. The number of amides is 10. The molecule has 49 nitrogen and oxygen atoms in total. The molecule has 3 aliphatic rings. The van der Waals surface area contributed by atoms with E-state index >= 15 is 0 Å². The first kappa shape index (κ1) is 123. The summed E-state index contributed by atoms with van der Waals surface area (Å²) in [6.45, 7) is 12.0. The molecule has 0 bridgehead atoms. The van der Waals surface area contributed by atoms with Gasteiger partial charge in [-0.1, -0.05) is 38.5 Å². The molecule has 0 saturated carbocycles. The lowest BCUT2D eigenvalue weighted by Crippen LogP contribution is -2.66. The van der Waals surface area contributed by atoms with Crippen molar-refractivity contribution in [2.24, 2.45) is 0 Å². The quantitative estimate of drug-likeness (QED) is 0.0224. The molecule has 3 saturated heterocycles. The molecule has 0 spiro atoms. The molecule has 3 rings (SSSR count). The van der Waals surface area contributed by atoms with Crippen LogP contribution >= 0.6 is 0 Å². The average Bonchev–Trinajstić information content (AvgIpc) is 0.793. The zero-order valence-corrected chi connectivity index (χ0v) is 82.5. The molecule has 15 atom stereocenters. The van der Waals surface area contributed by atoms with Crippen LogP contribution in [0.3, 0.4) is 0 Å². The smallest absolute Gasteiger partial charge is 0.303 e. The third-order valence-electron chi connectivity index (χ3n) is 21.0. The number of carboxylic acids is 1. The molecule has 796 valence electrons. The van der Waals surface area contributed by atoms with Gasteiger partial charge in [0, 0.05) is 194 Å². The zero-order valence-electron chi connectivity index (χ0n) is 82.5. The number of aliphatic carboxylic acids is 1. The van der Waals surface area contributed by atoms with Crippen molar-refractivity contribution in [1.82, 2.24) is 53.2 Å². The highest BCUT2D eigenvalue weighted by atomic mass is 16.7. The van der Waals surface area contributed by atoms with Gasteiger partial charge in [-0.25, -0.2) is 0 Å². The van der Waals surface area contributed by atoms with Gasteiger partial charge in [0.25, 0.3) is 0 Å². The van der Waals surface area contributed by atoms with Gasteiger partial charge in [-0.3, -0.25) is 95.9 Å². The van der Waals surface area contributed by atoms with Crippen LogP contribution in [0.25, 0.3) is 0 Å². The molecule has 49 heteroatoms. The van der Waals surface area contributed by atoms with Crippen LogP contribution in [0.1, 0.15) is 244 Å². The van der Waals surface area contributed by atoms with E-state index in [9.17, 15) is 95.9 Å². The fourth-order valence-electron chi connectivity index (χ4n) is 14.7. The summed E-state index contributed by atoms with van der Waals surface area (Å²) in [7, 11) is 0. The van der Waals surface area contributed by atoms with Gasteiger partial charge in [-0.05, 0) is 70.6 Å². The molecule has 3 heterocycles. The van der Waals surface area contributed by atoms with Crippen LogP contribution in [-0.2, 0) is 181 Å². The topological polar surface area (TPSA) is 648 Å². The highest BCUT2D eigenvalue weighted by Gasteiger charge is 2.55. The first-order valence-electron chi connectivity index (χ1n) is 47.5. The summed E-state index contributed by atoms with van der Waals surface area (Å²) >= 11 is 0. The fourth-order valence-corrected chi connectivity index (χ4v) is 14.7. The summed E-state index contributed by atoms with van der Waals surface area (Å²) in [6, 6.07) is -3.53. The van der Waals surface area contributed by atoms with E-state index in [1.807, 2.05) is 0 Å². The Bertz CT molecular complexity index is 3570. The number of hydrogen-bond donors (Lipinski definition) is 11. The number of unbranched alkanes of at least 4 members (excludes halogenated alkanes) is 10. The Balaban J connectivity index is 1.67. The van der Waals surface area contributed by atoms with E-state index in [4.69, 9.17) is 90.4 Å². The normalized spacial score (nSPS) is 21.2. The van der Waals surface area contributed by atoms with Crippen molar-refractivity contribution in [2.45, 2.75) is 341 Å². The van der Waals surface area contributed by atoms with Crippen LogP contribution in [-0.4, -0.2) is 340 Å². The fraction of sp³-hybridized carbons (Fsp3) is 0.780. The minimum atomic E-state index is -1.49. The molecule has 6 unspecified atom stereocenters. The zero-order chi connectivity index (χ0) is 104. The minimum absolute atomic E-state index is 0.0172. The van der Waals surface area contributed by atoms with Gasteiger partial charge in [0.1, 0.15) is 61.8 Å². The van der Waals surface area contributed by atoms with E-state index in [1.165, 1.54) is 20.8 Å². The summed E-state index contributed by atoms with van der Waals surface area (Å²) in [5.74, 6) is -11.8. The molecule has 0 aromatic carbocycles.